The smallest absolute Gasteiger partial charge is 0.137 e. The van der Waals surface area contributed by atoms with E-state index in [2.05, 4.69) is 26.7 Å². The summed E-state index contributed by atoms with van der Waals surface area (Å²) < 4.78 is 0. The fourth-order valence-corrected chi connectivity index (χ4v) is 2.30. The number of nitrogens with one attached hydrogen (secondary N) is 2. The summed E-state index contributed by atoms with van der Waals surface area (Å²) >= 11 is 0. The largest absolute Gasteiger partial charge is 0.368 e. The molecule has 4 heteroatoms. The Labute approximate surface area is 100 Å². The summed E-state index contributed by atoms with van der Waals surface area (Å²) in [6, 6.07) is 8.65. The molecule has 0 aliphatic carbocycles. The molecule has 3 rings (SSSR count). The van der Waals surface area contributed by atoms with Crippen LogP contribution in [0.15, 0.2) is 30.6 Å². The fourth-order valence-electron chi connectivity index (χ4n) is 2.30. The summed E-state index contributed by atoms with van der Waals surface area (Å²) in [5.74, 6) is 0.935. The van der Waals surface area contributed by atoms with Crippen LogP contribution in [0.1, 0.15) is 12.8 Å². The molecule has 1 fully saturated rings. The van der Waals surface area contributed by atoms with E-state index in [1.165, 1.54) is 12.8 Å². The Kier molecular flexibility index (Phi) is 2.88. The lowest BCUT2D eigenvalue weighted by molar-refractivity contribution is 0.633. The SMILES string of the molecule is c1ccc2c(NCC3CCCN3)ncnc2c1. The van der Waals surface area contributed by atoms with Crippen molar-refractivity contribution in [3.05, 3.63) is 30.6 Å². The second-order valence-electron chi connectivity index (χ2n) is 4.41. The number of nitrogens with zero attached hydrogens (tertiary/aromatic N) is 2. The Morgan fingerprint density at radius 1 is 1.29 bits per heavy atom. The highest BCUT2D eigenvalue weighted by molar-refractivity contribution is 5.88. The molecule has 2 N–H and O–H groups in total. The van der Waals surface area contributed by atoms with Crippen LogP contribution in [-0.4, -0.2) is 29.1 Å². The molecule has 2 heterocycles. The Morgan fingerprint density at radius 2 is 2.24 bits per heavy atom. The molecule has 0 spiro atoms. The number of para-hydroxylation sites is 1. The lowest BCUT2D eigenvalue weighted by Gasteiger charge is -2.13. The van der Waals surface area contributed by atoms with E-state index in [-0.39, 0.29) is 0 Å². The van der Waals surface area contributed by atoms with Gasteiger partial charge in [0.15, 0.2) is 0 Å². The molecule has 1 aromatic heterocycles. The highest BCUT2D eigenvalue weighted by Gasteiger charge is 2.13. The van der Waals surface area contributed by atoms with Crippen LogP contribution in [0.5, 0.6) is 0 Å². The van der Waals surface area contributed by atoms with Gasteiger partial charge in [-0.1, -0.05) is 12.1 Å². The van der Waals surface area contributed by atoms with Gasteiger partial charge in [-0.2, -0.15) is 0 Å². The monoisotopic (exact) mass is 228 g/mol. The zero-order valence-electron chi connectivity index (χ0n) is 9.69. The van der Waals surface area contributed by atoms with Crippen LogP contribution in [0, 0.1) is 0 Å². The number of fused-ring (bicyclic) bond motifs is 1. The summed E-state index contributed by atoms with van der Waals surface area (Å²) in [6.07, 6.45) is 4.14. The van der Waals surface area contributed by atoms with Crippen LogP contribution in [0.3, 0.4) is 0 Å². The Bertz CT molecular complexity index is 500. The van der Waals surface area contributed by atoms with Gasteiger partial charge in [-0.15, -0.1) is 0 Å². The minimum absolute atomic E-state index is 0.573. The molecular weight excluding hydrogens is 212 g/mol. The Morgan fingerprint density at radius 3 is 3.12 bits per heavy atom. The van der Waals surface area contributed by atoms with E-state index in [9.17, 15) is 0 Å². The van der Waals surface area contributed by atoms with Gasteiger partial charge in [0.1, 0.15) is 12.1 Å². The van der Waals surface area contributed by atoms with Crippen molar-refractivity contribution in [3.63, 3.8) is 0 Å². The molecule has 4 nitrogen and oxygen atoms in total. The highest BCUT2D eigenvalue weighted by atomic mass is 15.1. The van der Waals surface area contributed by atoms with E-state index in [0.29, 0.717) is 6.04 Å². The second kappa shape index (κ2) is 4.67. The first-order valence-corrected chi connectivity index (χ1v) is 6.10. The Hall–Kier alpha value is -1.68. The van der Waals surface area contributed by atoms with E-state index in [0.717, 1.165) is 29.8 Å². The second-order valence-corrected chi connectivity index (χ2v) is 4.41. The summed E-state index contributed by atoms with van der Waals surface area (Å²) in [7, 11) is 0. The van der Waals surface area contributed by atoms with Crippen molar-refractivity contribution < 1.29 is 0 Å². The Balaban J connectivity index is 1.79. The van der Waals surface area contributed by atoms with Gasteiger partial charge in [0.05, 0.1) is 5.52 Å². The quantitative estimate of drug-likeness (QED) is 0.841. The van der Waals surface area contributed by atoms with Crippen LogP contribution < -0.4 is 10.6 Å². The summed E-state index contributed by atoms with van der Waals surface area (Å²) in [5, 5.41) is 7.98. The van der Waals surface area contributed by atoms with E-state index in [1.54, 1.807) is 6.33 Å². The third-order valence-corrected chi connectivity index (χ3v) is 3.22. The number of rotatable bonds is 3. The van der Waals surface area contributed by atoms with E-state index in [4.69, 9.17) is 0 Å². The lowest BCUT2D eigenvalue weighted by atomic mass is 10.2. The summed E-state index contributed by atoms with van der Waals surface area (Å²) in [5.41, 5.74) is 0.990. The van der Waals surface area contributed by atoms with E-state index >= 15 is 0 Å². The predicted molar refractivity (Wildman–Crippen MR) is 69.1 cm³/mol. The van der Waals surface area contributed by atoms with E-state index < -0.39 is 0 Å². The van der Waals surface area contributed by atoms with Gasteiger partial charge in [0.2, 0.25) is 0 Å². The standard InChI is InChI=1S/C13H16N4/c1-2-6-12-11(5-1)13(17-9-16-12)15-8-10-4-3-7-14-10/h1-2,5-6,9-10,14H,3-4,7-8H2,(H,15,16,17). The molecular formula is C13H16N4. The first-order valence-electron chi connectivity index (χ1n) is 6.10. The molecule has 88 valence electrons. The van der Waals surface area contributed by atoms with Gasteiger partial charge in [0, 0.05) is 18.0 Å². The van der Waals surface area contributed by atoms with Crippen molar-refractivity contribution in [2.75, 3.05) is 18.4 Å². The maximum absolute atomic E-state index is 4.32. The van der Waals surface area contributed by atoms with Gasteiger partial charge in [0.25, 0.3) is 0 Å². The van der Waals surface area contributed by atoms with Crippen molar-refractivity contribution in [2.24, 2.45) is 0 Å². The summed E-state index contributed by atoms with van der Waals surface area (Å²) in [6.45, 7) is 2.07. The molecule has 1 aliphatic heterocycles. The maximum atomic E-state index is 4.32. The molecule has 1 aliphatic rings. The topological polar surface area (TPSA) is 49.8 Å². The molecule has 0 saturated carbocycles. The first kappa shape index (κ1) is 10.5. The molecule has 0 radical (unpaired) electrons. The zero-order valence-corrected chi connectivity index (χ0v) is 9.69. The molecule has 2 aromatic rings. The van der Waals surface area contributed by atoms with Crippen LogP contribution >= 0.6 is 0 Å². The van der Waals surface area contributed by atoms with Gasteiger partial charge < -0.3 is 10.6 Å². The maximum Gasteiger partial charge on any atom is 0.137 e. The minimum atomic E-state index is 0.573. The number of benzene rings is 1. The molecule has 1 aromatic carbocycles. The average molecular weight is 228 g/mol. The normalized spacial score (nSPS) is 19.6. The van der Waals surface area contributed by atoms with Crippen molar-refractivity contribution in [1.82, 2.24) is 15.3 Å². The molecule has 1 saturated heterocycles. The number of anilines is 1. The first-order chi connectivity index (χ1) is 8.43. The van der Waals surface area contributed by atoms with Crippen LogP contribution in [-0.2, 0) is 0 Å². The summed E-state index contributed by atoms with van der Waals surface area (Å²) in [4.78, 5) is 8.57. The number of aromatic nitrogens is 2. The fraction of sp³-hybridized carbons (Fsp3) is 0.385. The highest BCUT2D eigenvalue weighted by Crippen LogP contribution is 2.18. The molecule has 0 bridgehead atoms. The molecule has 1 unspecified atom stereocenters. The van der Waals surface area contributed by atoms with Crippen molar-refractivity contribution in [1.29, 1.82) is 0 Å². The van der Waals surface area contributed by atoms with Crippen LogP contribution in [0.2, 0.25) is 0 Å². The lowest BCUT2D eigenvalue weighted by Crippen LogP contribution is -2.29. The van der Waals surface area contributed by atoms with Gasteiger partial charge in [-0.25, -0.2) is 9.97 Å². The van der Waals surface area contributed by atoms with Crippen LogP contribution in [0.4, 0.5) is 5.82 Å². The average Bonchev–Trinajstić information content (AvgIpc) is 2.89. The van der Waals surface area contributed by atoms with Gasteiger partial charge >= 0.3 is 0 Å². The minimum Gasteiger partial charge on any atom is -0.368 e. The third-order valence-electron chi connectivity index (χ3n) is 3.22. The van der Waals surface area contributed by atoms with Crippen molar-refractivity contribution in [2.45, 2.75) is 18.9 Å². The number of hydrogen-bond acceptors (Lipinski definition) is 4. The van der Waals surface area contributed by atoms with Gasteiger partial charge in [-0.3, -0.25) is 0 Å². The zero-order chi connectivity index (χ0) is 11.5. The van der Waals surface area contributed by atoms with Crippen molar-refractivity contribution in [3.8, 4) is 0 Å². The van der Waals surface area contributed by atoms with Crippen molar-refractivity contribution >= 4 is 16.7 Å². The number of hydrogen-bond donors (Lipinski definition) is 2. The molecule has 17 heavy (non-hydrogen) atoms. The van der Waals surface area contributed by atoms with E-state index in [1.807, 2.05) is 18.2 Å². The molecule has 0 amide bonds. The predicted octanol–water partition coefficient (Wildman–Crippen LogP) is 1.79. The third kappa shape index (κ3) is 2.22. The van der Waals surface area contributed by atoms with Crippen LogP contribution in [0.25, 0.3) is 10.9 Å². The van der Waals surface area contributed by atoms with Gasteiger partial charge in [-0.05, 0) is 31.5 Å². The molecule has 1 atom stereocenters.